The third kappa shape index (κ3) is 4.76. The smallest absolute Gasteiger partial charge is 0.147 e. The Hall–Kier alpha value is -3.03. The highest BCUT2D eigenvalue weighted by Crippen LogP contribution is 2.39. The fourth-order valence-electron chi connectivity index (χ4n) is 4.51. The van der Waals surface area contributed by atoms with Crippen LogP contribution in [0.5, 0.6) is 0 Å². The number of fused-ring (bicyclic) bond motifs is 1. The Morgan fingerprint density at radius 3 is 2.47 bits per heavy atom. The summed E-state index contributed by atoms with van der Waals surface area (Å²) < 4.78 is 8.45. The predicted octanol–water partition coefficient (Wildman–Crippen LogP) is 6.07. The molecule has 0 N–H and O–H groups in total. The Balaban J connectivity index is 1.65. The molecule has 1 fully saturated rings. The number of benzene rings is 1. The van der Waals surface area contributed by atoms with E-state index >= 15 is 0 Å². The molecule has 0 aliphatic carbocycles. The molecule has 0 atom stereocenters. The Labute approximate surface area is 202 Å². The van der Waals surface area contributed by atoms with Gasteiger partial charge in [0.05, 0.1) is 22.3 Å². The summed E-state index contributed by atoms with van der Waals surface area (Å²) >= 11 is 0. The summed E-state index contributed by atoms with van der Waals surface area (Å²) in [7, 11) is -1.17. The maximum absolute atomic E-state index is 6.24. The van der Waals surface area contributed by atoms with Crippen molar-refractivity contribution in [2.24, 2.45) is 0 Å². The number of anilines is 1. The number of imidazole rings is 1. The topological polar surface area (TPSA) is 56.1 Å². The normalized spacial score (nSPS) is 14.3. The molecule has 1 saturated heterocycles. The van der Waals surface area contributed by atoms with Crippen molar-refractivity contribution in [1.29, 1.82) is 0 Å². The van der Waals surface area contributed by atoms with Gasteiger partial charge in [-0.05, 0) is 49.2 Å². The van der Waals surface area contributed by atoms with Crippen LogP contribution in [0.15, 0.2) is 60.9 Å². The molecule has 6 nitrogen and oxygen atoms in total. The maximum atomic E-state index is 6.24. The van der Waals surface area contributed by atoms with Gasteiger partial charge in [-0.3, -0.25) is 9.55 Å². The second-order valence-electron chi connectivity index (χ2n) is 10.2. The monoisotopic (exact) mass is 471 g/mol. The molecule has 1 aromatic carbocycles. The molecule has 0 bridgehead atoms. The van der Waals surface area contributed by atoms with Gasteiger partial charge >= 0.3 is 0 Å². The second kappa shape index (κ2) is 9.68. The number of aromatic nitrogens is 4. The molecule has 0 saturated carbocycles. The third-order valence-corrected chi connectivity index (χ3v) is 8.08. The molecule has 3 aromatic heterocycles. The van der Waals surface area contributed by atoms with Crippen LogP contribution in [0, 0.1) is 0 Å². The van der Waals surface area contributed by atoms with Crippen LogP contribution in [-0.4, -0.2) is 47.3 Å². The Morgan fingerprint density at radius 2 is 1.71 bits per heavy atom. The van der Waals surface area contributed by atoms with Crippen molar-refractivity contribution in [2.75, 3.05) is 24.6 Å². The first-order chi connectivity index (χ1) is 16.5. The van der Waals surface area contributed by atoms with Crippen molar-refractivity contribution < 1.29 is 4.74 Å². The van der Waals surface area contributed by atoms with Crippen molar-refractivity contribution in [2.45, 2.75) is 45.3 Å². The Morgan fingerprint density at radius 1 is 0.912 bits per heavy atom. The van der Waals surface area contributed by atoms with Crippen molar-refractivity contribution >= 4 is 24.9 Å². The lowest BCUT2D eigenvalue weighted by molar-refractivity contribution is 0.0909. The molecule has 0 radical (unpaired) electrons. The van der Waals surface area contributed by atoms with Gasteiger partial charge in [0.2, 0.25) is 0 Å². The molecule has 7 heteroatoms. The molecule has 1 aliphatic rings. The van der Waals surface area contributed by atoms with Crippen molar-refractivity contribution in [1.82, 2.24) is 19.5 Å². The standard InChI is InChI=1S/C27H33N5OSi/c1-34(2,3)19-18-33-20-32-24-12-5-4-11-23(24)30-27(32)25-21(22-10-6-7-14-28-22)13-15-29-26(25)31-16-8-9-17-31/h4-7,10-15H,8-9,16-20H2,1-3H3. The summed E-state index contributed by atoms with van der Waals surface area (Å²) in [6.07, 6.45) is 6.12. The lowest BCUT2D eigenvalue weighted by Gasteiger charge is -2.22. The quantitative estimate of drug-likeness (QED) is 0.230. The zero-order chi connectivity index (χ0) is 23.5. The second-order valence-corrected chi connectivity index (χ2v) is 15.8. The average molecular weight is 472 g/mol. The highest BCUT2D eigenvalue weighted by atomic mass is 28.3. The zero-order valence-electron chi connectivity index (χ0n) is 20.4. The van der Waals surface area contributed by atoms with E-state index in [1.165, 1.54) is 12.8 Å². The average Bonchev–Trinajstić information content (AvgIpc) is 3.50. The van der Waals surface area contributed by atoms with Crippen LogP contribution in [0.4, 0.5) is 5.82 Å². The van der Waals surface area contributed by atoms with Gasteiger partial charge in [-0.2, -0.15) is 0 Å². The maximum Gasteiger partial charge on any atom is 0.147 e. The molecule has 4 heterocycles. The van der Waals surface area contributed by atoms with Crippen LogP contribution in [0.2, 0.25) is 25.7 Å². The Kier molecular flexibility index (Phi) is 6.48. The summed E-state index contributed by atoms with van der Waals surface area (Å²) in [5.41, 5.74) is 5.06. The van der Waals surface area contributed by atoms with Crippen LogP contribution in [0.3, 0.4) is 0 Å². The minimum absolute atomic E-state index is 0.469. The summed E-state index contributed by atoms with van der Waals surface area (Å²) in [6, 6.07) is 17.6. The van der Waals surface area contributed by atoms with Crippen LogP contribution < -0.4 is 4.90 Å². The minimum atomic E-state index is -1.17. The first-order valence-corrected chi connectivity index (χ1v) is 15.9. The van der Waals surface area contributed by atoms with Crippen molar-refractivity contribution in [3.63, 3.8) is 0 Å². The Bertz CT molecular complexity index is 1260. The van der Waals surface area contributed by atoms with E-state index in [1.54, 1.807) is 0 Å². The van der Waals surface area contributed by atoms with Gasteiger partial charge in [0.25, 0.3) is 0 Å². The fraction of sp³-hybridized carbons (Fsp3) is 0.370. The van der Waals surface area contributed by atoms with Gasteiger partial charge in [0.1, 0.15) is 18.4 Å². The van der Waals surface area contributed by atoms with Gasteiger partial charge in [-0.25, -0.2) is 9.97 Å². The number of nitrogens with zero attached hydrogens (tertiary/aromatic N) is 5. The van der Waals surface area contributed by atoms with Crippen LogP contribution in [0.25, 0.3) is 33.7 Å². The molecule has 34 heavy (non-hydrogen) atoms. The van der Waals surface area contributed by atoms with E-state index in [9.17, 15) is 0 Å². The van der Waals surface area contributed by atoms with E-state index in [0.717, 1.165) is 65.2 Å². The summed E-state index contributed by atoms with van der Waals surface area (Å²) in [5.74, 6) is 1.88. The van der Waals surface area contributed by atoms with Crippen LogP contribution in [0.1, 0.15) is 12.8 Å². The predicted molar refractivity (Wildman–Crippen MR) is 142 cm³/mol. The highest BCUT2D eigenvalue weighted by Gasteiger charge is 2.26. The van der Waals surface area contributed by atoms with E-state index in [0.29, 0.717) is 6.73 Å². The minimum Gasteiger partial charge on any atom is -0.361 e. The van der Waals surface area contributed by atoms with E-state index in [4.69, 9.17) is 14.7 Å². The number of ether oxygens (including phenoxy) is 1. The number of para-hydroxylation sites is 2. The van der Waals surface area contributed by atoms with E-state index in [-0.39, 0.29) is 0 Å². The number of hydrogen-bond donors (Lipinski definition) is 0. The molecule has 0 amide bonds. The van der Waals surface area contributed by atoms with Crippen molar-refractivity contribution in [3.05, 3.63) is 60.9 Å². The van der Waals surface area contributed by atoms with Crippen LogP contribution in [-0.2, 0) is 11.5 Å². The third-order valence-electron chi connectivity index (χ3n) is 6.37. The first-order valence-electron chi connectivity index (χ1n) is 12.2. The SMILES string of the molecule is C[Si](C)(C)CCOCn1c(-c2c(-c3ccccn3)ccnc2N2CCCC2)nc2ccccc21. The molecule has 0 spiro atoms. The summed E-state index contributed by atoms with van der Waals surface area (Å²) in [4.78, 5) is 17.1. The number of rotatable bonds is 8. The lowest BCUT2D eigenvalue weighted by Crippen LogP contribution is -2.22. The molecule has 4 aromatic rings. The summed E-state index contributed by atoms with van der Waals surface area (Å²) in [6.45, 7) is 10.4. The van der Waals surface area contributed by atoms with E-state index in [2.05, 4.69) is 64.4 Å². The lowest BCUT2D eigenvalue weighted by atomic mass is 10.0. The fourth-order valence-corrected chi connectivity index (χ4v) is 5.26. The summed E-state index contributed by atoms with van der Waals surface area (Å²) in [5, 5.41) is 0. The molecule has 5 rings (SSSR count). The molecule has 0 unspecified atom stereocenters. The molecular formula is C27H33N5OSi. The van der Waals surface area contributed by atoms with Gasteiger partial charge in [-0.15, -0.1) is 0 Å². The van der Waals surface area contributed by atoms with Gasteiger partial charge in [0, 0.05) is 45.7 Å². The van der Waals surface area contributed by atoms with Crippen LogP contribution >= 0.6 is 0 Å². The largest absolute Gasteiger partial charge is 0.361 e. The zero-order valence-corrected chi connectivity index (χ0v) is 21.4. The number of pyridine rings is 2. The first kappa shape index (κ1) is 22.7. The van der Waals surface area contributed by atoms with E-state index < -0.39 is 8.07 Å². The van der Waals surface area contributed by atoms with Gasteiger partial charge < -0.3 is 9.64 Å². The van der Waals surface area contributed by atoms with Crippen molar-refractivity contribution in [3.8, 4) is 22.6 Å². The van der Waals surface area contributed by atoms with E-state index in [1.807, 2.05) is 30.6 Å². The molecule has 1 aliphatic heterocycles. The molecular weight excluding hydrogens is 438 g/mol. The van der Waals surface area contributed by atoms with Gasteiger partial charge in [-0.1, -0.05) is 37.8 Å². The number of hydrogen-bond acceptors (Lipinski definition) is 5. The van der Waals surface area contributed by atoms with Gasteiger partial charge in [0.15, 0.2) is 0 Å². The molecule has 176 valence electrons. The highest BCUT2D eigenvalue weighted by molar-refractivity contribution is 6.76.